The first-order valence-electron chi connectivity index (χ1n) is 6.92. The minimum absolute atomic E-state index is 0.759. The summed E-state index contributed by atoms with van der Waals surface area (Å²) in [6.07, 6.45) is 5.15. The number of aryl methyl sites for hydroxylation is 2. The summed E-state index contributed by atoms with van der Waals surface area (Å²) in [5.74, 6) is 0. The van der Waals surface area contributed by atoms with Crippen molar-refractivity contribution in [2.24, 2.45) is 0 Å². The predicted octanol–water partition coefficient (Wildman–Crippen LogP) is 1.27. The molecule has 0 radical (unpaired) electrons. The number of unbranched alkanes of at least 4 members (excludes halogenated alkanes) is 1. The molecule has 0 aromatic carbocycles. The zero-order valence-electron chi connectivity index (χ0n) is 12.6. The van der Waals surface area contributed by atoms with E-state index in [0.29, 0.717) is 0 Å². The van der Waals surface area contributed by atoms with Crippen molar-refractivity contribution in [2.45, 2.75) is 53.6 Å². The van der Waals surface area contributed by atoms with Gasteiger partial charge < -0.3 is 10.4 Å². The highest BCUT2D eigenvalue weighted by Crippen LogP contribution is 2.07. The molecule has 0 atom stereocenters. The van der Waals surface area contributed by atoms with Gasteiger partial charge in [0.15, 0.2) is 0 Å². The van der Waals surface area contributed by atoms with E-state index in [9.17, 15) is 10.4 Å². The molecule has 0 N–H and O–H groups in total. The topological polar surface area (TPSA) is 63.7 Å². The molecular weight excluding hydrogens is 256 g/mol. The van der Waals surface area contributed by atoms with E-state index in [0.717, 1.165) is 58.2 Å². The Morgan fingerprint density at radius 3 is 1.40 bits per heavy atom. The molecule has 6 heteroatoms. The Bertz CT molecular complexity index is 559. The molecule has 2 heterocycles. The normalized spacial score (nSPS) is 11.2. The van der Waals surface area contributed by atoms with Crippen molar-refractivity contribution >= 4 is 0 Å². The molecule has 0 saturated carbocycles. The van der Waals surface area contributed by atoms with E-state index in [-0.39, 0.29) is 0 Å². The van der Waals surface area contributed by atoms with Crippen LogP contribution in [0.1, 0.15) is 35.6 Å². The molecule has 0 fully saturated rings. The van der Waals surface area contributed by atoms with Crippen LogP contribution < -0.4 is 9.46 Å². The van der Waals surface area contributed by atoms with E-state index in [1.165, 1.54) is 0 Å². The monoisotopic (exact) mass is 278 g/mol. The van der Waals surface area contributed by atoms with Crippen LogP contribution in [-0.4, -0.2) is 9.13 Å². The molecule has 6 nitrogen and oxygen atoms in total. The Labute approximate surface area is 119 Å². The number of aromatic nitrogens is 4. The van der Waals surface area contributed by atoms with Gasteiger partial charge in [-0.3, -0.25) is 0 Å². The zero-order chi connectivity index (χ0) is 14.9. The Balaban J connectivity index is 1.87. The fraction of sp³-hybridized carbons (Fsp3) is 0.571. The maximum atomic E-state index is 11.5. The molecule has 0 spiro atoms. The molecule has 0 unspecified atom stereocenters. The molecule has 110 valence electrons. The molecule has 2 aromatic rings. The largest absolute Gasteiger partial charge is 0.711 e. The third-order valence-electron chi connectivity index (χ3n) is 4.11. The quantitative estimate of drug-likeness (QED) is 0.470. The number of rotatable bonds is 5. The van der Waals surface area contributed by atoms with Crippen molar-refractivity contribution in [3.8, 4) is 0 Å². The summed E-state index contributed by atoms with van der Waals surface area (Å²) >= 11 is 0. The van der Waals surface area contributed by atoms with Gasteiger partial charge in [-0.2, -0.15) is 0 Å². The molecule has 0 aliphatic carbocycles. The molecule has 20 heavy (non-hydrogen) atoms. The van der Waals surface area contributed by atoms with Crippen LogP contribution >= 0.6 is 0 Å². The average Bonchev–Trinajstić information content (AvgIpc) is 2.80. The molecule has 0 saturated heterocycles. The summed E-state index contributed by atoms with van der Waals surface area (Å²) in [6.45, 7) is 9.25. The van der Waals surface area contributed by atoms with Crippen molar-refractivity contribution in [1.82, 2.24) is 9.13 Å². The van der Waals surface area contributed by atoms with Crippen LogP contribution in [-0.2, 0) is 13.1 Å². The second-order valence-corrected chi connectivity index (χ2v) is 5.32. The number of nitrogens with zero attached hydrogens (tertiary/aromatic N) is 4. The summed E-state index contributed by atoms with van der Waals surface area (Å²) in [7, 11) is 0. The van der Waals surface area contributed by atoms with Gasteiger partial charge in [0, 0.05) is 27.7 Å². The Morgan fingerprint density at radius 1 is 0.800 bits per heavy atom. The fourth-order valence-electron chi connectivity index (χ4n) is 2.35. The third-order valence-corrected chi connectivity index (χ3v) is 4.11. The van der Waals surface area contributed by atoms with E-state index in [1.807, 2.05) is 36.8 Å². The second-order valence-electron chi connectivity index (χ2n) is 5.32. The lowest BCUT2D eigenvalue weighted by atomic mass is 10.3. The van der Waals surface area contributed by atoms with Gasteiger partial charge in [-0.15, -0.1) is 0 Å². The lowest BCUT2D eigenvalue weighted by molar-refractivity contribution is -0.611. The SMILES string of the molecule is Cc1c(C)[n+]([O-])cn1CCCCn1c[n+]([O-])c(C)c1C. The number of imidazole rings is 2. The van der Waals surface area contributed by atoms with Crippen LogP contribution in [0.25, 0.3) is 0 Å². The molecule has 0 aliphatic heterocycles. The maximum absolute atomic E-state index is 11.5. The van der Waals surface area contributed by atoms with Crippen molar-refractivity contribution in [3.05, 3.63) is 45.8 Å². The van der Waals surface area contributed by atoms with E-state index >= 15 is 0 Å². The van der Waals surface area contributed by atoms with Crippen molar-refractivity contribution in [3.63, 3.8) is 0 Å². The minimum atomic E-state index is 0.759. The summed E-state index contributed by atoms with van der Waals surface area (Å²) in [4.78, 5) is 0. The Kier molecular flexibility index (Phi) is 4.01. The highest BCUT2D eigenvalue weighted by atomic mass is 16.5. The van der Waals surface area contributed by atoms with Crippen LogP contribution in [0.4, 0.5) is 0 Å². The highest BCUT2D eigenvalue weighted by Gasteiger charge is 2.13. The first-order valence-corrected chi connectivity index (χ1v) is 6.92. The average molecular weight is 278 g/mol. The van der Waals surface area contributed by atoms with Crippen molar-refractivity contribution in [1.29, 1.82) is 0 Å². The van der Waals surface area contributed by atoms with Gasteiger partial charge in [-0.25, -0.2) is 18.6 Å². The lowest BCUT2D eigenvalue weighted by Gasteiger charge is -2.00. The summed E-state index contributed by atoms with van der Waals surface area (Å²) in [5.41, 5.74) is 3.55. The molecule has 0 amide bonds. The Hall–Kier alpha value is -1.98. The standard InChI is InChI=1S/C14H22N4O2/c1-11-13(3)17(19)9-15(11)7-5-6-8-16-10-18(20)14(4)12(16)2/h9-10H,5-8H2,1-4H3. The van der Waals surface area contributed by atoms with E-state index < -0.39 is 0 Å². The van der Waals surface area contributed by atoms with Gasteiger partial charge in [0.05, 0.1) is 13.1 Å². The first kappa shape index (κ1) is 14.4. The molecule has 0 aliphatic rings. The van der Waals surface area contributed by atoms with Gasteiger partial charge in [-0.05, 0) is 12.8 Å². The van der Waals surface area contributed by atoms with E-state index in [4.69, 9.17) is 0 Å². The number of hydrogen-bond donors (Lipinski definition) is 0. The van der Waals surface area contributed by atoms with Crippen LogP contribution in [0, 0.1) is 38.1 Å². The second kappa shape index (κ2) is 5.56. The van der Waals surface area contributed by atoms with Crippen LogP contribution in [0.15, 0.2) is 12.7 Å². The fourth-order valence-corrected chi connectivity index (χ4v) is 2.35. The zero-order valence-corrected chi connectivity index (χ0v) is 12.6. The van der Waals surface area contributed by atoms with Gasteiger partial charge in [-0.1, -0.05) is 0 Å². The highest BCUT2D eigenvalue weighted by molar-refractivity contribution is 5.03. The molecule has 0 bridgehead atoms. The third kappa shape index (κ3) is 2.64. The van der Waals surface area contributed by atoms with E-state index in [1.54, 1.807) is 12.7 Å². The van der Waals surface area contributed by atoms with Crippen LogP contribution in [0.2, 0.25) is 0 Å². The van der Waals surface area contributed by atoms with Gasteiger partial charge in [0.1, 0.15) is 22.8 Å². The predicted molar refractivity (Wildman–Crippen MR) is 75.0 cm³/mol. The maximum Gasteiger partial charge on any atom is 0.247 e. The Morgan fingerprint density at radius 2 is 1.15 bits per heavy atom. The van der Waals surface area contributed by atoms with Gasteiger partial charge in [0.2, 0.25) is 12.7 Å². The first-order chi connectivity index (χ1) is 9.41. The summed E-state index contributed by atoms with van der Waals surface area (Å²) < 4.78 is 5.80. The van der Waals surface area contributed by atoms with Crippen LogP contribution in [0.3, 0.4) is 0 Å². The summed E-state index contributed by atoms with van der Waals surface area (Å²) in [5, 5.41) is 22.9. The lowest BCUT2D eigenvalue weighted by Crippen LogP contribution is -2.26. The smallest absolute Gasteiger partial charge is 0.247 e. The molecule has 2 rings (SSSR count). The van der Waals surface area contributed by atoms with Crippen molar-refractivity contribution in [2.75, 3.05) is 0 Å². The summed E-state index contributed by atoms with van der Waals surface area (Å²) in [6, 6.07) is 0. The van der Waals surface area contributed by atoms with Crippen LogP contribution in [0.5, 0.6) is 0 Å². The molecular formula is C14H22N4O2. The van der Waals surface area contributed by atoms with Gasteiger partial charge >= 0.3 is 0 Å². The van der Waals surface area contributed by atoms with Gasteiger partial charge in [0.25, 0.3) is 0 Å². The number of hydrogen-bond acceptors (Lipinski definition) is 2. The van der Waals surface area contributed by atoms with Crippen molar-refractivity contribution < 1.29 is 9.46 Å². The molecule has 2 aromatic heterocycles. The minimum Gasteiger partial charge on any atom is -0.711 e. The van der Waals surface area contributed by atoms with E-state index in [2.05, 4.69) is 0 Å².